The molecule has 0 aromatic carbocycles. The third-order valence-electron chi connectivity index (χ3n) is 2.91. The van der Waals surface area contributed by atoms with Crippen molar-refractivity contribution in [1.29, 1.82) is 0 Å². The summed E-state index contributed by atoms with van der Waals surface area (Å²) in [6.07, 6.45) is 13.1. The van der Waals surface area contributed by atoms with Gasteiger partial charge in [-0.05, 0) is 25.1 Å². The van der Waals surface area contributed by atoms with Crippen molar-refractivity contribution in [3.05, 3.63) is 0 Å². The fourth-order valence-electron chi connectivity index (χ4n) is 1.88. The largest absolute Gasteiger partial charge is 0.376 e. The summed E-state index contributed by atoms with van der Waals surface area (Å²) in [5.41, 5.74) is 5.33. The molecule has 0 rings (SSSR count). The Kier molecular flexibility index (Phi) is 13.2. The van der Waals surface area contributed by atoms with Crippen molar-refractivity contribution < 1.29 is 4.21 Å². The molecule has 0 fully saturated rings. The summed E-state index contributed by atoms with van der Waals surface area (Å²) in [4.78, 5) is 0. The summed E-state index contributed by atoms with van der Waals surface area (Å²) in [5.74, 6) is 0.871. The molecule has 0 amide bonds. The lowest BCUT2D eigenvalue weighted by atomic mass is 10.1. The van der Waals surface area contributed by atoms with Crippen LogP contribution in [-0.2, 0) is 10.8 Å². The van der Waals surface area contributed by atoms with Crippen LogP contribution < -0.4 is 11.1 Å². The van der Waals surface area contributed by atoms with Gasteiger partial charge in [0, 0.05) is 29.4 Å². The minimum atomic E-state index is -0.607. The Morgan fingerprint density at radius 2 is 1.44 bits per heavy atom. The maximum Gasteiger partial charge on any atom is 0.163 e. The monoisotopic (exact) mass is 292 g/mol. The van der Waals surface area contributed by atoms with Crippen molar-refractivity contribution in [3.8, 4) is 0 Å². The van der Waals surface area contributed by atoms with Crippen LogP contribution >= 0.6 is 12.2 Å². The first kappa shape index (κ1) is 17.8. The van der Waals surface area contributed by atoms with Crippen LogP contribution in [0.15, 0.2) is 0 Å². The summed E-state index contributed by atoms with van der Waals surface area (Å²) in [5, 5.41) is 3.37. The van der Waals surface area contributed by atoms with E-state index in [1.807, 2.05) is 0 Å². The van der Waals surface area contributed by atoms with Gasteiger partial charge < -0.3 is 11.1 Å². The molecule has 108 valence electrons. The second-order valence-corrected chi connectivity index (χ2v) is 6.74. The van der Waals surface area contributed by atoms with E-state index in [9.17, 15) is 4.21 Å². The number of rotatable bonds is 12. The number of thiocarbonyl (C=S) groups is 1. The van der Waals surface area contributed by atoms with Crippen LogP contribution in [0.5, 0.6) is 0 Å². The molecule has 0 aliphatic rings. The summed E-state index contributed by atoms with van der Waals surface area (Å²) >= 11 is 4.73. The van der Waals surface area contributed by atoms with Gasteiger partial charge in [-0.2, -0.15) is 0 Å². The normalized spacial score (nSPS) is 12.3. The van der Waals surface area contributed by atoms with Gasteiger partial charge in [0.2, 0.25) is 0 Å². The molecule has 0 aromatic rings. The Morgan fingerprint density at radius 3 is 1.89 bits per heavy atom. The van der Waals surface area contributed by atoms with Crippen LogP contribution in [0.3, 0.4) is 0 Å². The Labute approximate surface area is 120 Å². The maximum atomic E-state index is 10.8. The summed E-state index contributed by atoms with van der Waals surface area (Å²) in [7, 11) is -0.607. The molecule has 1 atom stereocenters. The maximum absolute atomic E-state index is 10.8. The van der Waals surface area contributed by atoms with E-state index in [1.165, 1.54) is 44.9 Å². The third-order valence-corrected chi connectivity index (χ3v) is 3.92. The molecule has 0 bridgehead atoms. The molecule has 3 nitrogen and oxygen atoms in total. The highest BCUT2D eigenvalue weighted by Crippen LogP contribution is 2.09. The topological polar surface area (TPSA) is 55.1 Å². The number of nitrogens with two attached hydrogens (primary N) is 1. The van der Waals surface area contributed by atoms with Crippen LogP contribution in [0, 0.1) is 0 Å². The van der Waals surface area contributed by atoms with E-state index in [0.29, 0.717) is 5.11 Å². The van der Waals surface area contributed by atoms with Gasteiger partial charge in [0.25, 0.3) is 0 Å². The van der Waals surface area contributed by atoms with E-state index in [-0.39, 0.29) is 0 Å². The fourth-order valence-corrected chi connectivity index (χ4v) is 2.59. The van der Waals surface area contributed by atoms with Gasteiger partial charge in [-0.3, -0.25) is 4.21 Å². The molecule has 3 N–H and O–H groups in total. The smallest absolute Gasteiger partial charge is 0.163 e. The van der Waals surface area contributed by atoms with Crippen molar-refractivity contribution in [2.75, 3.05) is 18.6 Å². The van der Waals surface area contributed by atoms with Crippen molar-refractivity contribution in [3.63, 3.8) is 0 Å². The second kappa shape index (κ2) is 13.3. The Morgan fingerprint density at radius 1 is 1.00 bits per heavy atom. The summed E-state index contributed by atoms with van der Waals surface area (Å²) in [6.45, 7) is 0.906. The highest BCUT2D eigenvalue weighted by molar-refractivity contribution is 7.84. The zero-order valence-corrected chi connectivity index (χ0v) is 13.2. The van der Waals surface area contributed by atoms with Gasteiger partial charge in [-0.1, -0.05) is 44.9 Å². The molecular weight excluding hydrogens is 264 g/mol. The lowest BCUT2D eigenvalue weighted by molar-refractivity contribution is 0.563. The molecule has 0 radical (unpaired) electrons. The zero-order chi connectivity index (χ0) is 13.6. The van der Waals surface area contributed by atoms with Crippen molar-refractivity contribution in [1.82, 2.24) is 5.32 Å². The van der Waals surface area contributed by atoms with Gasteiger partial charge in [0.1, 0.15) is 0 Å². The lowest BCUT2D eigenvalue weighted by Crippen LogP contribution is -2.29. The minimum Gasteiger partial charge on any atom is -0.376 e. The SMILES string of the molecule is CS(=O)CCCCCCCCCCCNC(N)=S. The predicted octanol–water partition coefficient (Wildman–Crippen LogP) is 2.71. The lowest BCUT2D eigenvalue weighted by Gasteiger charge is -2.04. The van der Waals surface area contributed by atoms with Gasteiger partial charge in [0.05, 0.1) is 0 Å². The average molecular weight is 293 g/mol. The Hall–Kier alpha value is -0.160. The Bertz CT molecular complexity index is 211. The second-order valence-electron chi connectivity index (χ2n) is 4.75. The molecular formula is C13H28N2OS2. The van der Waals surface area contributed by atoms with Gasteiger partial charge in [-0.15, -0.1) is 0 Å². The molecule has 0 saturated heterocycles. The van der Waals surface area contributed by atoms with Crippen LogP contribution in [-0.4, -0.2) is 27.9 Å². The third kappa shape index (κ3) is 15.8. The molecule has 0 aliphatic heterocycles. The molecule has 5 heteroatoms. The number of nitrogens with one attached hydrogen (secondary N) is 1. The van der Waals surface area contributed by atoms with Crippen LogP contribution in [0.1, 0.15) is 57.8 Å². The molecule has 1 unspecified atom stereocenters. The van der Waals surface area contributed by atoms with Crippen molar-refractivity contribution in [2.24, 2.45) is 5.73 Å². The first-order valence-corrected chi connectivity index (χ1v) is 9.10. The van der Waals surface area contributed by atoms with Gasteiger partial charge in [-0.25, -0.2) is 0 Å². The highest BCUT2D eigenvalue weighted by atomic mass is 32.2. The van der Waals surface area contributed by atoms with Crippen molar-refractivity contribution in [2.45, 2.75) is 57.8 Å². The van der Waals surface area contributed by atoms with Gasteiger partial charge >= 0.3 is 0 Å². The van der Waals surface area contributed by atoms with Gasteiger partial charge in [0.15, 0.2) is 5.11 Å². The summed E-state index contributed by atoms with van der Waals surface area (Å²) < 4.78 is 10.8. The fraction of sp³-hybridized carbons (Fsp3) is 0.923. The molecule has 0 spiro atoms. The zero-order valence-electron chi connectivity index (χ0n) is 11.6. The van der Waals surface area contributed by atoms with E-state index < -0.39 is 10.8 Å². The molecule has 0 aromatic heterocycles. The average Bonchev–Trinajstić information content (AvgIpc) is 2.29. The van der Waals surface area contributed by atoms with E-state index >= 15 is 0 Å². The molecule has 0 aliphatic carbocycles. The summed E-state index contributed by atoms with van der Waals surface area (Å²) in [6, 6.07) is 0. The number of unbranched alkanes of at least 4 members (excludes halogenated alkanes) is 8. The van der Waals surface area contributed by atoms with E-state index in [1.54, 1.807) is 6.26 Å². The van der Waals surface area contributed by atoms with E-state index in [4.69, 9.17) is 18.0 Å². The van der Waals surface area contributed by atoms with E-state index in [0.717, 1.165) is 25.1 Å². The minimum absolute atomic E-state index is 0.406. The molecule has 0 saturated carbocycles. The first-order valence-electron chi connectivity index (χ1n) is 6.96. The standard InChI is InChI=1S/C13H28N2OS2/c1-18(16)12-10-8-6-4-2-3-5-7-9-11-15-13(14)17/h2-12H2,1H3,(H3,14,15,17). The van der Waals surface area contributed by atoms with Crippen LogP contribution in [0.2, 0.25) is 0 Å². The molecule has 0 heterocycles. The predicted molar refractivity (Wildman–Crippen MR) is 85.3 cm³/mol. The van der Waals surface area contributed by atoms with E-state index in [2.05, 4.69) is 5.32 Å². The van der Waals surface area contributed by atoms with Crippen molar-refractivity contribution >= 4 is 28.1 Å². The van der Waals surface area contributed by atoms with Crippen LogP contribution in [0.4, 0.5) is 0 Å². The number of hydrogen-bond acceptors (Lipinski definition) is 2. The van der Waals surface area contributed by atoms with Crippen LogP contribution in [0.25, 0.3) is 0 Å². The quantitative estimate of drug-likeness (QED) is 0.429. The Balaban J connectivity index is 2.99. The molecule has 18 heavy (non-hydrogen) atoms. The highest BCUT2D eigenvalue weighted by Gasteiger charge is 1.94. The number of hydrogen-bond donors (Lipinski definition) is 2. The first-order chi connectivity index (χ1) is 8.63.